The lowest BCUT2D eigenvalue weighted by Crippen LogP contribution is -2.53. The summed E-state index contributed by atoms with van der Waals surface area (Å²) in [6, 6.07) is 10.3. The van der Waals surface area contributed by atoms with Crippen LogP contribution in [0.4, 0.5) is 5.69 Å². The maximum Gasteiger partial charge on any atom is 0.237 e. The Hall–Kier alpha value is -1.55. The highest BCUT2D eigenvalue weighted by molar-refractivity contribution is 5.84. The molecule has 21 heavy (non-hydrogen) atoms. The minimum Gasteiger partial charge on any atom is -0.375 e. The summed E-state index contributed by atoms with van der Waals surface area (Å²) in [6.45, 7) is 5.80. The number of carbonyl (C=O) groups excluding carboxylic acids is 1. The number of rotatable bonds is 10. The third-order valence-electron chi connectivity index (χ3n) is 3.93. The molecule has 1 aromatic rings. The number of hydrogen-bond acceptors (Lipinski definition) is 3. The summed E-state index contributed by atoms with van der Waals surface area (Å²) >= 11 is 0. The Morgan fingerprint density at radius 1 is 1.29 bits per heavy atom. The van der Waals surface area contributed by atoms with Crippen LogP contribution in [-0.2, 0) is 4.79 Å². The van der Waals surface area contributed by atoms with Gasteiger partial charge in [0.05, 0.1) is 5.54 Å². The molecule has 0 aliphatic carbocycles. The number of anilines is 1. The predicted molar refractivity (Wildman–Crippen MR) is 89.5 cm³/mol. The zero-order chi connectivity index (χ0) is 15.7. The van der Waals surface area contributed by atoms with Gasteiger partial charge in [0.25, 0.3) is 0 Å². The van der Waals surface area contributed by atoms with E-state index < -0.39 is 5.54 Å². The van der Waals surface area contributed by atoms with E-state index in [4.69, 9.17) is 5.73 Å². The molecule has 1 atom stereocenters. The summed E-state index contributed by atoms with van der Waals surface area (Å²) in [5.41, 5.74) is 6.17. The summed E-state index contributed by atoms with van der Waals surface area (Å²) in [7, 11) is 2.10. The highest BCUT2D eigenvalue weighted by Crippen LogP contribution is 2.16. The number of unbranched alkanes of at least 4 members (excludes halogenated alkanes) is 1. The third kappa shape index (κ3) is 5.76. The number of hydrogen-bond donors (Lipinski definition) is 2. The quantitative estimate of drug-likeness (QED) is 0.651. The molecule has 1 unspecified atom stereocenters. The van der Waals surface area contributed by atoms with Gasteiger partial charge in [0.15, 0.2) is 0 Å². The van der Waals surface area contributed by atoms with Crippen LogP contribution in [0.3, 0.4) is 0 Å². The van der Waals surface area contributed by atoms with E-state index in [-0.39, 0.29) is 5.91 Å². The van der Waals surface area contributed by atoms with E-state index in [1.807, 2.05) is 25.1 Å². The highest BCUT2D eigenvalue weighted by atomic mass is 16.1. The molecule has 0 heterocycles. The van der Waals surface area contributed by atoms with Crippen molar-refractivity contribution in [1.82, 2.24) is 5.32 Å². The first-order chi connectivity index (χ1) is 9.99. The minimum absolute atomic E-state index is 0.257. The smallest absolute Gasteiger partial charge is 0.237 e. The lowest BCUT2D eigenvalue weighted by atomic mass is 9.93. The normalized spacial score (nSPS) is 13.7. The molecule has 0 aliphatic heterocycles. The molecule has 0 fully saturated rings. The van der Waals surface area contributed by atoms with Gasteiger partial charge in [-0.05, 0) is 51.3 Å². The van der Waals surface area contributed by atoms with Gasteiger partial charge in [-0.25, -0.2) is 0 Å². The maximum absolute atomic E-state index is 11.6. The fourth-order valence-corrected chi connectivity index (χ4v) is 2.34. The van der Waals surface area contributed by atoms with Crippen molar-refractivity contribution in [2.45, 2.75) is 45.1 Å². The van der Waals surface area contributed by atoms with Crippen LogP contribution >= 0.6 is 0 Å². The largest absolute Gasteiger partial charge is 0.375 e. The van der Waals surface area contributed by atoms with Gasteiger partial charge in [0.1, 0.15) is 0 Å². The van der Waals surface area contributed by atoms with Gasteiger partial charge in [-0.15, -0.1) is 0 Å². The van der Waals surface area contributed by atoms with Crippen molar-refractivity contribution in [1.29, 1.82) is 0 Å². The number of nitrogens with two attached hydrogens (primary N) is 1. The second-order valence-electron chi connectivity index (χ2n) is 5.84. The molecule has 1 amide bonds. The van der Waals surface area contributed by atoms with Gasteiger partial charge in [0.2, 0.25) is 5.91 Å². The molecule has 4 nitrogen and oxygen atoms in total. The molecule has 0 bridgehead atoms. The molecular formula is C17H29N3O. The Morgan fingerprint density at radius 3 is 2.52 bits per heavy atom. The van der Waals surface area contributed by atoms with E-state index in [1.54, 1.807) is 0 Å². The fourth-order valence-electron chi connectivity index (χ4n) is 2.34. The van der Waals surface area contributed by atoms with Crippen LogP contribution in [0.15, 0.2) is 30.3 Å². The van der Waals surface area contributed by atoms with Crippen LogP contribution in [0.5, 0.6) is 0 Å². The second-order valence-corrected chi connectivity index (χ2v) is 5.84. The van der Waals surface area contributed by atoms with E-state index in [2.05, 4.69) is 36.3 Å². The Balaban J connectivity index is 2.36. The minimum atomic E-state index is -0.582. The summed E-state index contributed by atoms with van der Waals surface area (Å²) in [4.78, 5) is 13.9. The molecule has 118 valence electrons. The molecule has 0 saturated heterocycles. The van der Waals surface area contributed by atoms with Crippen molar-refractivity contribution in [2.24, 2.45) is 5.73 Å². The van der Waals surface area contributed by atoms with Crippen LogP contribution in [0.2, 0.25) is 0 Å². The average molecular weight is 291 g/mol. The number of nitrogens with zero attached hydrogens (tertiary/aromatic N) is 1. The second kappa shape index (κ2) is 8.67. The van der Waals surface area contributed by atoms with Crippen molar-refractivity contribution in [3.63, 3.8) is 0 Å². The lowest BCUT2D eigenvalue weighted by molar-refractivity contribution is -0.124. The van der Waals surface area contributed by atoms with Gasteiger partial charge in [0, 0.05) is 19.3 Å². The zero-order valence-electron chi connectivity index (χ0n) is 13.6. The molecule has 4 heteroatoms. The van der Waals surface area contributed by atoms with Gasteiger partial charge in [-0.2, -0.15) is 0 Å². The number of benzene rings is 1. The molecule has 1 rings (SSSR count). The van der Waals surface area contributed by atoms with Gasteiger partial charge in [-0.3, -0.25) is 4.79 Å². The summed E-state index contributed by atoms with van der Waals surface area (Å²) in [5, 5.41) is 3.28. The van der Waals surface area contributed by atoms with Gasteiger partial charge < -0.3 is 16.0 Å². The van der Waals surface area contributed by atoms with Crippen molar-refractivity contribution < 1.29 is 4.79 Å². The van der Waals surface area contributed by atoms with Gasteiger partial charge in [-0.1, -0.05) is 25.1 Å². The number of nitrogens with one attached hydrogen (secondary N) is 1. The SMILES string of the molecule is CCCNC(C)(CCCCN(C)c1ccccc1)C(N)=O. The first-order valence-corrected chi connectivity index (χ1v) is 7.80. The molecule has 3 N–H and O–H groups in total. The topological polar surface area (TPSA) is 58.4 Å². The monoisotopic (exact) mass is 291 g/mol. The maximum atomic E-state index is 11.6. The van der Waals surface area contributed by atoms with Crippen LogP contribution in [0.1, 0.15) is 39.5 Å². The Kier molecular flexibility index (Phi) is 7.23. The van der Waals surface area contributed by atoms with E-state index in [0.29, 0.717) is 0 Å². The van der Waals surface area contributed by atoms with E-state index in [9.17, 15) is 4.79 Å². The Morgan fingerprint density at radius 2 is 1.95 bits per heavy atom. The van der Waals surface area contributed by atoms with Crippen molar-refractivity contribution in [2.75, 3.05) is 25.0 Å². The van der Waals surface area contributed by atoms with Crippen LogP contribution < -0.4 is 16.0 Å². The molecular weight excluding hydrogens is 262 g/mol. The standard InChI is InChI=1S/C17H29N3O/c1-4-13-19-17(2,16(18)21)12-8-9-14-20(3)15-10-6-5-7-11-15/h5-7,10-11,19H,4,8-9,12-14H2,1-3H3,(H2,18,21). The van der Waals surface area contributed by atoms with E-state index >= 15 is 0 Å². The number of para-hydroxylation sites is 1. The summed E-state index contributed by atoms with van der Waals surface area (Å²) in [6.07, 6.45) is 3.81. The van der Waals surface area contributed by atoms with E-state index in [1.165, 1.54) is 5.69 Å². The Bertz CT molecular complexity index is 421. The molecule has 0 saturated carbocycles. The average Bonchev–Trinajstić information content (AvgIpc) is 2.50. The molecule has 0 spiro atoms. The predicted octanol–water partition coefficient (Wildman–Crippen LogP) is 2.54. The first-order valence-electron chi connectivity index (χ1n) is 7.80. The summed E-state index contributed by atoms with van der Waals surface area (Å²) in [5.74, 6) is -0.257. The third-order valence-corrected chi connectivity index (χ3v) is 3.93. The van der Waals surface area contributed by atoms with Crippen molar-refractivity contribution in [3.05, 3.63) is 30.3 Å². The van der Waals surface area contributed by atoms with Crippen LogP contribution in [0, 0.1) is 0 Å². The highest BCUT2D eigenvalue weighted by Gasteiger charge is 2.29. The van der Waals surface area contributed by atoms with Crippen molar-refractivity contribution >= 4 is 11.6 Å². The number of carbonyl (C=O) groups is 1. The lowest BCUT2D eigenvalue weighted by Gasteiger charge is -2.28. The number of primary amides is 1. The van der Waals surface area contributed by atoms with Crippen LogP contribution in [-0.4, -0.2) is 31.6 Å². The fraction of sp³-hybridized carbons (Fsp3) is 0.588. The van der Waals surface area contributed by atoms with Crippen molar-refractivity contribution in [3.8, 4) is 0 Å². The van der Waals surface area contributed by atoms with Gasteiger partial charge >= 0.3 is 0 Å². The first kappa shape index (κ1) is 17.5. The molecule has 1 aromatic carbocycles. The van der Waals surface area contributed by atoms with Crippen LogP contribution in [0.25, 0.3) is 0 Å². The molecule has 0 radical (unpaired) electrons. The number of amides is 1. The molecule has 0 aliphatic rings. The zero-order valence-corrected chi connectivity index (χ0v) is 13.6. The van der Waals surface area contributed by atoms with E-state index in [0.717, 1.165) is 38.8 Å². The molecule has 0 aromatic heterocycles. The Labute approximate surface area is 128 Å². The summed E-state index contributed by atoms with van der Waals surface area (Å²) < 4.78 is 0.